The Kier molecular flexibility index (Phi) is 4.75. The van der Waals surface area contributed by atoms with Gasteiger partial charge in [-0.3, -0.25) is 0 Å². The van der Waals surface area contributed by atoms with Gasteiger partial charge >= 0.3 is 0 Å². The smallest absolute Gasteiger partial charge is 0.0829 e. The van der Waals surface area contributed by atoms with Gasteiger partial charge in [-0.15, -0.1) is 5.10 Å². The fraction of sp³-hybridized carbons (Fsp3) is 0.818. The monoisotopic (exact) mass is 211 g/mol. The van der Waals surface area contributed by atoms with Crippen LogP contribution in [-0.2, 0) is 17.7 Å². The summed E-state index contributed by atoms with van der Waals surface area (Å²) in [5, 5.41) is 8.16. The molecule has 0 unspecified atom stereocenters. The third kappa shape index (κ3) is 4.93. The lowest BCUT2D eigenvalue weighted by Crippen LogP contribution is -2.10. The highest BCUT2D eigenvalue weighted by atomic mass is 16.5. The molecule has 4 nitrogen and oxygen atoms in total. The van der Waals surface area contributed by atoms with E-state index in [1.165, 1.54) is 0 Å². The van der Waals surface area contributed by atoms with Gasteiger partial charge in [-0.1, -0.05) is 19.1 Å². The van der Waals surface area contributed by atoms with Gasteiger partial charge in [-0.05, 0) is 26.2 Å². The van der Waals surface area contributed by atoms with E-state index >= 15 is 0 Å². The molecule has 0 atom stereocenters. The molecule has 1 aromatic rings. The minimum absolute atomic E-state index is 0.281. The van der Waals surface area contributed by atoms with Crippen LogP contribution in [0.5, 0.6) is 0 Å². The average Bonchev–Trinajstić information content (AvgIpc) is 2.50. The van der Waals surface area contributed by atoms with E-state index in [2.05, 4.69) is 24.2 Å². The molecule has 0 fully saturated rings. The van der Waals surface area contributed by atoms with Gasteiger partial charge in [0.25, 0.3) is 0 Å². The molecule has 0 spiro atoms. The summed E-state index contributed by atoms with van der Waals surface area (Å²) in [5.41, 5.74) is 1.06. The molecule has 0 aliphatic rings. The predicted molar refractivity (Wildman–Crippen MR) is 59.7 cm³/mol. The number of hydrogen-bond acceptors (Lipinski definition) is 3. The van der Waals surface area contributed by atoms with Crippen LogP contribution in [0.1, 0.15) is 33.4 Å². The largest absolute Gasteiger partial charge is 0.377 e. The van der Waals surface area contributed by atoms with Crippen LogP contribution >= 0.6 is 0 Å². The normalized spacial score (nSPS) is 11.6. The number of nitrogens with zero attached hydrogens (tertiary/aromatic N) is 3. The van der Waals surface area contributed by atoms with Gasteiger partial charge in [0.05, 0.1) is 24.9 Å². The summed E-state index contributed by atoms with van der Waals surface area (Å²) in [6.07, 6.45) is 3.28. The molecular weight excluding hydrogens is 190 g/mol. The Labute approximate surface area is 91.6 Å². The van der Waals surface area contributed by atoms with Crippen molar-refractivity contribution in [2.45, 2.75) is 46.8 Å². The van der Waals surface area contributed by atoms with Gasteiger partial charge in [-0.2, -0.15) is 0 Å². The number of hydrogen-bond donors (Lipinski definition) is 0. The predicted octanol–water partition coefficient (Wildman–Crippen LogP) is 1.90. The van der Waals surface area contributed by atoms with Gasteiger partial charge in [0.15, 0.2) is 0 Å². The van der Waals surface area contributed by atoms with Crippen molar-refractivity contribution < 1.29 is 4.74 Å². The van der Waals surface area contributed by atoms with Gasteiger partial charge in [0.1, 0.15) is 0 Å². The van der Waals surface area contributed by atoms with E-state index in [1.54, 1.807) is 0 Å². The van der Waals surface area contributed by atoms with Crippen LogP contribution in [0.4, 0.5) is 0 Å². The molecule has 1 rings (SSSR count). The first kappa shape index (κ1) is 12.2. The summed E-state index contributed by atoms with van der Waals surface area (Å²) in [6.45, 7) is 9.91. The third-order valence-electron chi connectivity index (χ3n) is 1.98. The van der Waals surface area contributed by atoms with Crippen LogP contribution in [0.2, 0.25) is 0 Å². The Morgan fingerprint density at radius 3 is 2.67 bits per heavy atom. The van der Waals surface area contributed by atoms with E-state index < -0.39 is 0 Å². The van der Waals surface area contributed by atoms with E-state index in [9.17, 15) is 0 Å². The summed E-state index contributed by atoms with van der Waals surface area (Å²) in [4.78, 5) is 0. The Hall–Kier alpha value is -0.900. The molecule has 0 bridgehead atoms. The average molecular weight is 211 g/mol. The molecule has 0 aliphatic carbocycles. The molecule has 0 saturated heterocycles. The fourth-order valence-electron chi connectivity index (χ4n) is 1.34. The minimum atomic E-state index is 0.281. The van der Waals surface area contributed by atoms with Crippen LogP contribution in [0, 0.1) is 5.92 Å². The second-order valence-electron chi connectivity index (χ2n) is 4.49. The number of ether oxygens (including phenoxy) is 1. The molecule has 0 saturated carbocycles. The molecule has 0 amide bonds. The fourth-order valence-corrected chi connectivity index (χ4v) is 1.34. The van der Waals surface area contributed by atoms with E-state index in [4.69, 9.17) is 4.74 Å². The lowest BCUT2D eigenvalue weighted by atomic mass is 10.1. The molecular formula is C11H21N3O. The van der Waals surface area contributed by atoms with E-state index in [0.717, 1.165) is 18.7 Å². The quantitative estimate of drug-likeness (QED) is 0.721. The molecule has 86 valence electrons. The lowest BCUT2D eigenvalue weighted by Gasteiger charge is -2.06. The SMILES string of the molecule is CC(C)Cc1cn(CCOC(C)C)nn1. The number of rotatable bonds is 6. The van der Waals surface area contributed by atoms with E-state index in [1.807, 2.05) is 24.7 Å². The van der Waals surface area contributed by atoms with Gasteiger partial charge in [0, 0.05) is 6.20 Å². The van der Waals surface area contributed by atoms with Gasteiger partial charge < -0.3 is 4.74 Å². The standard InChI is InChI=1S/C11H21N3O/c1-9(2)7-11-8-14(13-12-11)5-6-15-10(3)4/h8-10H,5-7H2,1-4H3. The van der Waals surface area contributed by atoms with Crippen LogP contribution in [0.15, 0.2) is 6.20 Å². The van der Waals surface area contributed by atoms with E-state index in [0.29, 0.717) is 12.5 Å². The van der Waals surface area contributed by atoms with Crippen molar-refractivity contribution in [3.63, 3.8) is 0 Å². The summed E-state index contributed by atoms with van der Waals surface area (Å²) >= 11 is 0. The first-order valence-electron chi connectivity index (χ1n) is 5.58. The maximum Gasteiger partial charge on any atom is 0.0829 e. The summed E-state index contributed by atoms with van der Waals surface area (Å²) < 4.78 is 7.29. The molecule has 4 heteroatoms. The maximum atomic E-state index is 5.45. The zero-order valence-corrected chi connectivity index (χ0v) is 10.1. The summed E-state index contributed by atoms with van der Waals surface area (Å²) in [7, 11) is 0. The molecule has 0 aliphatic heterocycles. The Morgan fingerprint density at radius 2 is 2.07 bits per heavy atom. The van der Waals surface area contributed by atoms with Crippen LogP contribution < -0.4 is 0 Å². The second kappa shape index (κ2) is 5.85. The van der Waals surface area contributed by atoms with Crippen molar-refractivity contribution in [1.82, 2.24) is 15.0 Å². The second-order valence-corrected chi connectivity index (χ2v) is 4.49. The minimum Gasteiger partial charge on any atom is -0.377 e. The third-order valence-corrected chi connectivity index (χ3v) is 1.98. The molecule has 0 N–H and O–H groups in total. The van der Waals surface area contributed by atoms with Crippen molar-refractivity contribution in [2.24, 2.45) is 5.92 Å². The van der Waals surface area contributed by atoms with Crippen LogP contribution in [0.3, 0.4) is 0 Å². The highest BCUT2D eigenvalue weighted by Crippen LogP contribution is 2.03. The van der Waals surface area contributed by atoms with Crippen LogP contribution in [0.25, 0.3) is 0 Å². The summed E-state index contributed by atoms with van der Waals surface area (Å²) in [6, 6.07) is 0. The first-order chi connectivity index (χ1) is 7.08. The van der Waals surface area contributed by atoms with Gasteiger partial charge in [-0.25, -0.2) is 4.68 Å². The molecule has 0 aromatic carbocycles. The van der Waals surface area contributed by atoms with Crippen LogP contribution in [-0.4, -0.2) is 27.7 Å². The topological polar surface area (TPSA) is 39.9 Å². The molecule has 0 radical (unpaired) electrons. The maximum absolute atomic E-state index is 5.45. The highest BCUT2D eigenvalue weighted by Gasteiger charge is 2.03. The zero-order chi connectivity index (χ0) is 11.3. The van der Waals surface area contributed by atoms with Crippen molar-refractivity contribution in [1.29, 1.82) is 0 Å². The zero-order valence-electron chi connectivity index (χ0n) is 10.1. The summed E-state index contributed by atoms with van der Waals surface area (Å²) in [5.74, 6) is 0.627. The van der Waals surface area contributed by atoms with Crippen molar-refractivity contribution >= 4 is 0 Å². The van der Waals surface area contributed by atoms with Crippen molar-refractivity contribution in [2.75, 3.05) is 6.61 Å². The van der Waals surface area contributed by atoms with Gasteiger partial charge in [0.2, 0.25) is 0 Å². The van der Waals surface area contributed by atoms with Crippen molar-refractivity contribution in [3.8, 4) is 0 Å². The Bertz CT molecular complexity index is 281. The highest BCUT2D eigenvalue weighted by molar-refractivity contribution is 4.92. The molecule has 1 heterocycles. The number of aromatic nitrogens is 3. The lowest BCUT2D eigenvalue weighted by molar-refractivity contribution is 0.0707. The molecule has 15 heavy (non-hydrogen) atoms. The van der Waals surface area contributed by atoms with E-state index in [-0.39, 0.29) is 6.10 Å². The van der Waals surface area contributed by atoms with Crippen molar-refractivity contribution in [3.05, 3.63) is 11.9 Å². The molecule has 1 aromatic heterocycles. The Morgan fingerprint density at radius 1 is 1.33 bits per heavy atom. The first-order valence-corrected chi connectivity index (χ1v) is 5.58. The Balaban J connectivity index is 2.33.